The van der Waals surface area contributed by atoms with E-state index in [0.717, 1.165) is 11.3 Å². The summed E-state index contributed by atoms with van der Waals surface area (Å²) in [5, 5.41) is 17.6. The van der Waals surface area contributed by atoms with Crippen molar-refractivity contribution in [3.8, 4) is 5.75 Å². The Morgan fingerprint density at radius 3 is 2.43 bits per heavy atom. The molecule has 0 fully saturated rings. The molecule has 2 N–H and O–H groups in total. The number of rotatable bonds is 5. The number of ether oxygens (including phenoxy) is 1. The number of hydrogen-bond donors (Lipinski definition) is 2. The standard InChI is InChI=1S/C11H15O3/c1-9(13)8-10-2-4-11(5-3-10)14-7-6-12/h2-5,12-13H,6-8H2,1H3. The maximum absolute atomic E-state index is 9.07. The molecule has 0 amide bonds. The van der Waals surface area contributed by atoms with Crippen LogP contribution < -0.4 is 4.74 Å². The van der Waals surface area contributed by atoms with Crippen LogP contribution in [0.15, 0.2) is 24.3 Å². The van der Waals surface area contributed by atoms with Gasteiger partial charge in [-0.2, -0.15) is 0 Å². The van der Waals surface area contributed by atoms with Gasteiger partial charge in [0, 0.05) is 6.42 Å². The minimum atomic E-state index is 0.0191. The summed E-state index contributed by atoms with van der Waals surface area (Å²) >= 11 is 0. The summed E-state index contributed by atoms with van der Waals surface area (Å²) < 4.78 is 5.20. The molecule has 1 aromatic rings. The Morgan fingerprint density at radius 2 is 1.93 bits per heavy atom. The summed E-state index contributed by atoms with van der Waals surface area (Å²) in [4.78, 5) is 0. The summed E-state index contributed by atoms with van der Waals surface area (Å²) in [6.45, 7) is 2.01. The minimum Gasteiger partial charge on any atom is -0.491 e. The Bertz CT molecular complexity index is 254. The lowest BCUT2D eigenvalue weighted by molar-refractivity contribution is 0.201. The van der Waals surface area contributed by atoms with Crippen molar-refractivity contribution in [2.75, 3.05) is 13.2 Å². The van der Waals surface area contributed by atoms with E-state index in [4.69, 9.17) is 14.9 Å². The Hall–Kier alpha value is -1.06. The molecule has 0 aliphatic heterocycles. The van der Waals surface area contributed by atoms with Crippen LogP contribution in [0.2, 0.25) is 0 Å². The zero-order valence-corrected chi connectivity index (χ0v) is 8.23. The number of hydrogen-bond acceptors (Lipinski definition) is 3. The lowest BCUT2D eigenvalue weighted by Crippen LogP contribution is -2.01. The van der Waals surface area contributed by atoms with E-state index in [1.165, 1.54) is 0 Å². The fraction of sp³-hybridized carbons (Fsp3) is 0.364. The lowest BCUT2D eigenvalue weighted by atomic mass is 10.1. The monoisotopic (exact) mass is 195 g/mol. The Labute approximate surface area is 84.0 Å². The van der Waals surface area contributed by atoms with Gasteiger partial charge in [0.05, 0.1) is 12.7 Å². The highest BCUT2D eigenvalue weighted by Crippen LogP contribution is 2.14. The quantitative estimate of drug-likeness (QED) is 0.749. The van der Waals surface area contributed by atoms with Crippen LogP contribution in [0.25, 0.3) is 0 Å². The largest absolute Gasteiger partial charge is 0.491 e. The van der Waals surface area contributed by atoms with Gasteiger partial charge in [-0.3, -0.25) is 0 Å². The van der Waals surface area contributed by atoms with Crippen LogP contribution >= 0.6 is 0 Å². The van der Waals surface area contributed by atoms with Crippen molar-refractivity contribution >= 4 is 0 Å². The molecule has 1 radical (unpaired) electrons. The molecule has 0 aliphatic carbocycles. The number of benzene rings is 1. The third-order valence-corrected chi connectivity index (χ3v) is 1.74. The summed E-state index contributed by atoms with van der Waals surface area (Å²) in [7, 11) is 0. The lowest BCUT2D eigenvalue weighted by Gasteiger charge is -2.06. The van der Waals surface area contributed by atoms with Crippen molar-refractivity contribution in [1.29, 1.82) is 0 Å². The third kappa shape index (κ3) is 3.77. The maximum Gasteiger partial charge on any atom is 0.119 e. The first-order valence-corrected chi connectivity index (χ1v) is 4.56. The first-order valence-electron chi connectivity index (χ1n) is 4.56. The van der Waals surface area contributed by atoms with Crippen LogP contribution in [0.4, 0.5) is 0 Å². The fourth-order valence-corrected chi connectivity index (χ4v) is 1.16. The average molecular weight is 195 g/mol. The Balaban J connectivity index is 2.50. The zero-order chi connectivity index (χ0) is 10.4. The molecular formula is C11H15O3. The van der Waals surface area contributed by atoms with Gasteiger partial charge in [0.2, 0.25) is 0 Å². The molecule has 77 valence electrons. The molecule has 0 bridgehead atoms. The van der Waals surface area contributed by atoms with Crippen LogP contribution in [-0.4, -0.2) is 23.4 Å². The molecule has 14 heavy (non-hydrogen) atoms. The number of aliphatic hydroxyl groups excluding tert-OH is 2. The van der Waals surface area contributed by atoms with E-state index in [-0.39, 0.29) is 6.61 Å². The summed E-state index contributed by atoms with van der Waals surface area (Å²) in [6.07, 6.45) is 0.967. The van der Waals surface area contributed by atoms with E-state index >= 15 is 0 Å². The summed E-state index contributed by atoms with van der Waals surface area (Å²) in [6, 6.07) is 7.45. The van der Waals surface area contributed by atoms with E-state index in [2.05, 4.69) is 0 Å². The second-order valence-electron chi connectivity index (χ2n) is 3.13. The molecule has 0 saturated carbocycles. The van der Waals surface area contributed by atoms with E-state index in [9.17, 15) is 0 Å². The van der Waals surface area contributed by atoms with Crippen LogP contribution in [-0.2, 0) is 6.42 Å². The van der Waals surface area contributed by atoms with Crippen molar-refractivity contribution in [1.82, 2.24) is 0 Å². The molecule has 1 rings (SSSR count). The second-order valence-corrected chi connectivity index (χ2v) is 3.13. The molecule has 0 spiro atoms. The van der Waals surface area contributed by atoms with Gasteiger partial charge in [-0.15, -0.1) is 0 Å². The second kappa shape index (κ2) is 5.62. The van der Waals surface area contributed by atoms with Crippen molar-refractivity contribution in [2.24, 2.45) is 0 Å². The van der Waals surface area contributed by atoms with Gasteiger partial charge in [0.1, 0.15) is 12.4 Å². The normalized spacial score (nSPS) is 10.6. The molecule has 0 unspecified atom stereocenters. The van der Waals surface area contributed by atoms with E-state index in [0.29, 0.717) is 19.1 Å². The first-order chi connectivity index (χ1) is 6.72. The molecule has 0 atom stereocenters. The average Bonchev–Trinajstić information content (AvgIpc) is 2.16. The summed E-state index contributed by atoms with van der Waals surface area (Å²) in [5.41, 5.74) is 1.04. The Kier molecular flexibility index (Phi) is 4.43. The van der Waals surface area contributed by atoms with Crippen LogP contribution in [0, 0.1) is 6.10 Å². The smallest absolute Gasteiger partial charge is 0.119 e. The van der Waals surface area contributed by atoms with Gasteiger partial charge in [-0.05, 0) is 24.6 Å². The molecule has 3 heteroatoms. The predicted octanol–water partition coefficient (Wildman–Crippen LogP) is 1.52. The third-order valence-electron chi connectivity index (χ3n) is 1.74. The summed E-state index contributed by atoms with van der Waals surface area (Å²) in [5.74, 6) is 0.735. The molecule has 0 aromatic heterocycles. The highest BCUT2D eigenvalue weighted by atomic mass is 16.5. The van der Waals surface area contributed by atoms with Crippen LogP contribution in [0.5, 0.6) is 5.75 Å². The van der Waals surface area contributed by atoms with Gasteiger partial charge < -0.3 is 14.9 Å². The van der Waals surface area contributed by atoms with Crippen molar-refractivity contribution in [3.05, 3.63) is 35.9 Å². The first kappa shape index (κ1) is 11.0. The van der Waals surface area contributed by atoms with E-state index in [1.807, 2.05) is 24.3 Å². The molecule has 0 heterocycles. The number of aliphatic hydroxyl groups is 2. The topological polar surface area (TPSA) is 49.7 Å². The molecule has 0 saturated heterocycles. The highest BCUT2D eigenvalue weighted by Gasteiger charge is 2.00. The predicted molar refractivity (Wildman–Crippen MR) is 53.6 cm³/mol. The van der Waals surface area contributed by atoms with Crippen LogP contribution in [0.1, 0.15) is 12.5 Å². The van der Waals surface area contributed by atoms with Gasteiger partial charge in [0.25, 0.3) is 0 Å². The molecular weight excluding hydrogens is 180 g/mol. The fourth-order valence-electron chi connectivity index (χ4n) is 1.16. The van der Waals surface area contributed by atoms with E-state index < -0.39 is 0 Å². The molecule has 3 nitrogen and oxygen atoms in total. The SMILES string of the molecule is C[C](O)Cc1ccc(OCCO)cc1. The molecule has 1 aromatic carbocycles. The van der Waals surface area contributed by atoms with Gasteiger partial charge in [-0.25, -0.2) is 0 Å². The van der Waals surface area contributed by atoms with Crippen molar-refractivity contribution in [2.45, 2.75) is 13.3 Å². The van der Waals surface area contributed by atoms with Gasteiger partial charge in [0.15, 0.2) is 0 Å². The van der Waals surface area contributed by atoms with Crippen molar-refractivity contribution < 1.29 is 14.9 Å². The van der Waals surface area contributed by atoms with Gasteiger partial charge in [-0.1, -0.05) is 12.1 Å². The van der Waals surface area contributed by atoms with Crippen molar-refractivity contribution in [3.63, 3.8) is 0 Å². The highest BCUT2D eigenvalue weighted by molar-refractivity contribution is 5.28. The Morgan fingerprint density at radius 1 is 1.29 bits per heavy atom. The zero-order valence-electron chi connectivity index (χ0n) is 8.23. The maximum atomic E-state index is 9.07. The van der Waals surface area contributed by atoms with Gasteiger partial charge >= 0.3 is 0 Å². The minimum absolute atomic E-state index is 0.0191. The molecule has 0 aliphatic rings. The van der Waals surface area contributed by atoms with Crippen LogP contribution in [0.3, 0.4) is 0 Å². The van der Waals surface area contributed by atoms with E-state index in [1.54, 1.807) is 6.92 Å².